The first-order valence-electron chi connectivity index (χ1n) is 3.74. The third-order valence-corrected chi connectivity index (χ3v) is 1.60. The smallest absolute Gasteiger partial charge is 0.187 e. The van der Waals surface area contributed by atoms with Crippen LogP contribution < -0.4 is 5.32 Å². The highest BCUT2D eigenvalue weighted by molar-refractivity contribution is 6.58. The predicted molar refractivity (Wildman–Crippen MR) is 46.3 cm³/mol. The highest BCUT2D eigenvalue weighted by atomic mass is 16.1. The first-order valence-corrected chi connectivity index (χ1v) is 3.74. The number of ketones is 1. The molecule has 0 amide bonds. The van der Waals surface area contributed by atoms with E-state index in [0.717, 1.165) is 0 Å². The SMILES string of the molecule is BC(=O)C(C)CC(=O)CNC. The van der Waals surface area contributed by atoms with Crippen LogP contribution in [0.25, 0.3) is 0 Å². The van der Waals surface area contributed by atoms with Crippen LogP contribution in [0.1, 0.15) is 13.3 Å². The van der Waals surface area contributed by atoms with Crippen molar-refractivity contribution in [2.75, 3.05) is 13.6 Å². The van der Waals surface area contributed by atoms with Crippen molar-refractivity contribution in [3.05, 3.63) is 0 Å². The summed E-state index contributed by atoms with van der Waals surface area (Å²) >= 11 is 0. The summed E-state index contributed by atoms with van der Waals surface area (Å²) in [5.74, 6) is -0.0361. The quantitative estimate of drug-likeness (QED) is 0.516. The Morgan fingerprint density at radius 2 is 2.09 bits per heavy atom. The van der Waals surface area contributed by atoms with Crippen LogP contribution in [-0.2, 0) is 9.59 Å². The first kappa shape index (κ1) is 10.4. The lowest BCUT2D eigenvalue weighted by Crippen LogP contribution is -2.23. The van der Waals surface area contributed by atoms with Crippen molar-refractivity contribution in [3.8, 4) is 0 Å². The van der Waals surface area contributed by atoms with E-state index in [9.17, 15) is 9.59 Å². The molecule has 0 aliphatic heterocycles. The Bertz CT molecular complexity index is 159. The Labute approximate surface area is 68.0 Å². The van der Waals surface area contributed by atoms with E-state index < -0.39 is 0 Å². The van der Waals surface area contributed by atoms with Crippen molar-refractivity contribution in [3.63, 3.8) is 0 Å². The third-order valence-electron chi connectivity index (χ3n) is 1.60. The van der Waals surface area contributed by atoms with Crippen LogP contribution in [-0.4, -0.2) is 32.9 Å². The van der Waals surface area contributed by atoms with E-state index >= 15 is 0 Å². The molecule has 1 unspecified atom stereocenters. The number of carbonyl (C=O) groups excluding carboxylic acids is 2. The summed E-state index contributed by atoms with van der Waals surface area (Å²) in [5, 5.41) is 2.75. The van der Waals surface area contributed by atoms with Gasteiger partial charge in [-0.2, -0.15) is 0 Å². The fourth-order valence-corrected chi connectivity index (χ4v) is 0.755. The van der Waals surface area contributed by atoms with Crippen molar-refractivity contribution in [2.45, 2.75) is 13.3 Å². The van der Waals surface area contributed by atoms with Gasteiger partial charge in [0.1, 0.15) is 5.78 Å². The molecule has 3 nitrogen and oxygen atoms in total. The van der Waals surface area contributed by atoms with Gasteiger partial charge in [0.15, 0.2) is 7.85 Å². The summed E-state index contributed by atoms with van der Waals surface area (Å²) in [6, 6.07) is 0. The molecule has 1 N–H and O–H groups in total. The van der Waals surface area contributed by atoms with Gasteiger partial charge < -0.3 is 10.1 Å². The number of carbonyl (C=O) groups is 2. The van der Waals surface area contributed by atoms with Crippen molar-refractivity contribution >= 4 is 19.3 Å². The third kappa shape index (κ3) is 4.73. The molecule has 0 fully saturated rings. The Kier molecular flexibility index (Phi) is 4.78. The van der Waals surface area contributed by atoms with E-state index in [0.29, 0.717) is 13.0 Å². The minimum absolute atomic E-state index is 0.0782. The second-order valence-corrected chi connectivity index (χ2v) is 2.78. The summed E-state index contributed by atoms with van der Waals surface area (Å²) in [6.45, 7) is 2.13. The average molecular weight is 155 g/mol. The lowest BCUT2D eigenvalue weighted by Gasteiger charge is -2.05. The molecule has 4 heteroatoms. The molecule has 0 aromatic heterocycles. The standard InChI is InChI=1S/C7H14BNO2/c1-5(7(8)11)3-6(10)4-9-2/h5,9H,3-4,8H2,1-2H3. The van der Waals surface area contributed by atoms with E-state index in [-0.39, 0.29) is 17.4 Å². The van der Waals surface area contributed by atoms with Gasteiger partial charge in [0.05, 0.1) is 12.2 Å². The Hall–Kier alpha value is -0.635. The zero-order valence-electron chi connectivity index (χ0n) is 7.31. The van der Waals surface area contributed by atoms with Crippen LogP contribution in [0.3, 0.4) is 0 Å². The van der Waals surface area contributed by atoms with E-state index in [1.165, 1.54) is 7.85 Å². The summed E-state index contributed by atoms with van der Waals surface area (Å²) in [5.41, 5.74) is 0.0782. The lowest BCUT2D eigenvalue weighted by atomic mass is 9.87. The highest BCUT2D eigenvalue weighted by Crippen LogP contribution is 2.01. The molecular weight excluding hydrogens is 141 g/mol. The molecule has 0 spiro atoms. The second-order valence-electron chi connectivity index (χ2n) is 2.78. The minimum Gasteiger partial charge on any atom is -0.313 e. The molecule has 0 aromatic carbocycles. The zero-order valence-corrected chi connectivity index (χ0v) is 7.31. The van der Waals surface area contributed by atoms with Crippen molar-refractivity contribution < 1.29 is 9.59 Å². The van der Waals surface area contributed by atoms with Gasteiger partial charge in [-0.15, -0.1) is 0 Å². The summed E-state index contributed by atoms with van der Waals surface area (Å²) in [4.78, 5) is 21.7. The molecule has 62 valence electrons. The van der Waals surface area contributed by atoms with Crippen molar-refractivity contribution in [1.29, 1.82) is 0 Å². The predicted octanol–water partition coefficient (Wildman–Crippen LogP) is -1.04. The number of hydrogen-bond acceptors (Lipinski definition) is 3. The van der Waals surface area contributed by atoms with Crippen molar-refractivity contribution in [2.24, 2.45) is 5.92 Å². The second kappa shape index (κ2) is 5.07. The molecule has 0 aliphatic rings. The van der Waals surface area contributed by atoms with Crippen LogP contribution in [0.4, 0.5) is 0 Å². The maximum absolute atomic E-state index is 10.9. The van der Waals surface area contributed by atoms with E-state index in [4.69, 9.17) is 0 Å². The van der Waals surface area contributed by atoms with Crippen LogP contribution >= 0.6 is 0 Å². The fourth-order valence-electron chi connectivity index (χ4n) is 0.755. The number of likely N-dealkylation sites (N-methyl/N-ethyl adjacent to an activating group) is 1. The van der Waals surface area contributed by atoms with E-state index in [1.807, 2.05) is 0 Å². The van der Waals surface area contributed by atoms with E-state index in [2.05, 4.69) is 5.32 Å². The Balaban J connectivity index is 3.66. The lowest BCUT2D eigenvalue weighted by molar-refractivity contribution is -0.123. The first-order chi connectivity index (χ1) is 5.07. The normalized spacial score (nSPS) is 12.5. The topological polar surface area (TPSA) is 46.2 Å². The van der Waals surface area contributed by atoms with Crippen molar-refractivity contribution in [1.82, 2.24) is 5.32 Å². The summed E-state index contributed by atoms with van der Waals surface area (Å²) in [7, 11) is 3.23. The molecular formula is C7H14BNO2. The van der Waals surface area contributed by atoms with Gasteiger partial charge in [0, 0.05) is 12.3 Å². The van der Waals surface area contributed by atoms with Gasteiger partial charge in [0.25, 0.3) is 0 Å². The van der Waals surface area contributed by atoms with Crippen LogP contribution in [0.5, 0.6) is 0 Å². The average Bonchev–Trinajstić information content (AvgIpc) is 1.87. The van der Waals surface area contributed by atoms with Crippen LogP contribution in [0.2, 0.25) is 0 Å². The van der Waals surface area contributed by atoms with Crippen LogP contribution in [0, 0.1) is 5.92 Å². The maximum atomic E-state index is 10.9. The largest absolute Gasteiger partial charge is 0.313 e. The zero-order chi connectivity index (χ0) is 8.85. The number of nitrogens with one attached hydrogen (secondary N) is 1. The molecule has 0 saturated carbocycles. The Morgan fingerprint density at radius 3 is 2.45 bits per heavy atom. The summed E-state index contributed by atoms with van der Waals surface area (Å²) < 4.78 is 0. The van der Waals surface area contributed by atoms with Gasteiger partial charge in [-0.05, 0) is 7.05 Å². The van der Waals surface area contributed by atoms with Gasteiger partial charge in [-0.25, -0.2) is 0 Å². The molecule has 0 aromatic rings. The highest BCUT2D eigenvalue weighted by Gasteiger charge is 2.11. The molecule has 0 saturated heterocycles. The monoisotopic (exact) mass is 155 g/mol. The molecule has 0 aliphatic carbocycles. The molecule has 0 heterocycles. The molecule has 0 bridgehead atoms. The van der Waals surface area contributed by atoms with Gasteiger partial charge >= 0.3 is 0 Å². The minimum atomic E-state index is -0.129. The van der Waals surface area contributed by atoms with Gasteiger partial charge in [-0.1, -0.05) is 6.92 Å². The number of Topliss-reactive ketones (excluding diaryl/α,β-unsaturated/α-hetero) is 1. The maximum Gasteiger partial charge on any atom is 0.187 e. The Morgan fingerprint density at radius 1 is 1.55 bits per heavy atom. The van der Waals surface area contributed by atoms with Gasteiger partial charge in [-0.3, -0.25) is 4.79 Å². The number of hydrogen-bond donors (Lipinski definition) is 1. The molecule has 0 radical (unpaired) electrons. The fraction of sp³-hybridized carbons (Fsp3) is 0.714. The molecule has 11 heavy (non-hydrogen) atoms. The van der Waals surface area contributed by atoms with Gasteiger partial charge in [0.2, 0.25) is 0 Å². The molecule has 0 rings (SSSR count). The number of rotatable bonds is 5. The van der Waals surface area contributed by atoms with Crippen LogP contribution in [0.15, 0.2) is 0 Å². The molecule has 1 atom stereocenters. The summed E-state index contributed by atoms with van der Waals surface area (Å²) in [6.07, 6.45) is 0.357. The van der Waals surface area contributed by atoms with E-state index in [1.54, 1.807) is 14.0 Å².